The Morgan fingerprint density at radius 2 is 2.00 bits per heavy atom. The summed E-state index contributed by atoms with van der Waals surface area (Å²) in [6, 6.07) is 5.99. The van der Waals surface area contributed by atoms with Crippen LogP contribution in [0.15, 0.2) is 24.5 Å². The Hall–Kier alpha value is -1.75. The monoisotopic (exact) mass is 344 g/mol. The molecule has 0 atom stereocenters. The molecule has 0 amide bonds. The summed E-state index contributed by atoms with van der Waals surface area (Å²) in [7, 11) is 0.405. The molecule has 0 unspecified atom stereocenters. The molecular weight excluding hydrogens is 324 g/mol. The summed E-state index contributed by atoms with van der Waals surface area (Å²) in [6.45, 7) is 10.6. The van der Waals surface area contributed by atoms with Crippen LogP contribution < -0.4 is 5.32 Å². The molecule has 23 heavy (non-hydrogen) atoms. The normalized spacial score (nSPS) is 12.0. The lowest BCUT2D eigenvalue weighted by molar-refractivity contribution is 0.109. The molecule has 2 heterocycles. The number of hydrogen-bond acceptors (Lipinski definition) is 6. The van der Waals surface area contributed by atoms with Gasteiger partial charge in [0.15, 0.2) is 5.13 Å². The molecule has 5 nitrogen and oxygen atoms in total. The Morgan fingerprint density at radius 3 is 2.61 bits per heavy atom. The van der Waals surface area contributed by atoms with Gasteiger partial charge in [0, 0.05) is 6.20 Å². The van der Waals surface area contributed by atoms with Crippen molar-refractivity contribution in [1.29, 1.82) is 5.26 Å². The van der Waals surface area contributed by atoms with E-state index in [1.807, 2.05) is 12.1 Å². The number of nitrogens with zero attached hydrogens (tertiary/aromatic N) is 3. The highest BCUT2D eigenvalue weighted by atomic mass is 32.1. The third-order valence-electron chi connectivity index (χ3n) is 2.92. The number of hydrogen-bond donors (Lipinski definition) is 1. The van der Waals surface area contributed by atoms with Crippen molar-refractivity contribution in [1.82, 2.24) is 9.97 Å². The largest absolute Gasteiger partial charge is 0.408 e. The average molecular weight is 345 g/mol. The van der Waals surface area contributed by atoms with Gasteiger partial charge in [-0.3, -0.25) is 0 Å². The average Bonchev–Trinajstić information content (AvgIpc) is 2.93. The van der Waals surface area contributed by atoms with Crippen molar-refractivity contribution < 1.29 is 4.43 Å². The van der Waals surface area contributed by atoms with Crippen molar-refractivity contribution >= 4 is 32.0 Å². The zero-order chi connectivity index (χ0) is 17.1. The second-order valence-corrected chi connectivity index (χ2v) is 9.60. The highest BCUT2D eigenvalue weighted by molar-refractivity contribution is 7.16. The standard InChI is InChI=1S/C16H20N4OSSi/c1-15(2,3)23-21-16(4,5)11-6-7-18-13(8-11)20-14-19-10-12(9-17)22-14/h6-8,10H,1-5H3,(H,18,19,20). The Bertz CT molecular complexity index is 715. The van der Waals surface area contributed by atoms with Crippen molar-refractivity contribution in [3.8, 4) is 6.07 Å². The summed E-state index contributed by atoms with van der Waals surface area (Å²) in [5.41, 5.74) is 0.648. The number of pyridine rings is 1. The van der Waals surface area contributed by atoms with Gasteiger partial charge in [0.05, 0.1) is 11.8 Å². The van der Waals surface area contributed by atoms with Crippen molar-refractivity contribution in [3.63, 3.8) is 0 Å². The lowest BCUT2D eigenvalue weighted by Gasteiger charge is -2.29. The summed E-state index contributed by atoms with van der Waals surface area (Å²) in [6.07, 6.45) is 3.30. The topological polar surface area (TPSA) is 70.8 Å². The fourth-order valence-electron chi connectivity index (χ4n) is 1.71. The first-order chi connectivity index (χ1) is 10.7. The molecule has 2 rings (SSSR count). The van der Waals surface area contributed by atoms with Gasteiger partial charge in [-0.15, -0.1) is 0 Å². The second-order valence-electron chi connectivity index (χ2n) is 6.66. The minimum absolute atomic E-state index is 0.139. The van der Waals surface area contributed by atoms with E-state index in [9.17, 15) is 0 Å². The van der Waals surface area contributed by atoms with Crippen molar-refractivity contribution in [2.24, 2.45) is 0 Å². The minimum Gasteiger partial charge on any atom is -0.408 e. The molecule has 1 N–H and O–H groups in total. The number of thiazole rings is 1. The first-order valence-corrected chi connectivity index (χ1v) is 8.97. The zero-order valence-corrected chi connectivity index (χ0v) is 15.8. The molecule has 2 aromatic rings. The number of aromatic nitrogens is 2. The van der Waals surface area contributed by atoms with Gasteiger partial charge in [-0.25, -0.2) is 9.97 Å². The number of nitrogens with one attached hydrogen (secondary N) is 1. The molecule has 0 saturated carbocycles. The summed E-state index contributed by atoms with van der Waals surface area (Å²) in [5.74, 6) is 0.692. The Labute approximate surface area is 143 Å². The van der Waals surface area contributed by atoms with E-state index in [1.54, 1.807) is 12.4 Å². The summed E-state index contributed by atoms with van der Waals surface area (Å²) < 4.78 is 6.12. The van der Waals surface area contributed by atoms with E-state index in [0.717, 1.165) is 5.56 Å². The molecule has 0 aliphatic heterocycles. The van der Waals surface area contributed by atoms with Crippen LogP contribution in [-0.4, -0.2) is 19.7 Å². The number of anilines is 2. The third kappa shape index (κ3) is 5.13. The van der Waals surface area contributed by atoms with Crippen LogP contribution in [0.4, 0.5) is 10.9 Å². The van der Waals surface area contributed by atoms with Crippen LogP contribution in [0, 0.1) is 11.3 Å². The maximum atomic E-state index is 8.85. The third-order valence-corrected chi connectivity index (χ3v) is 4.96. The molecule has 2 radical (unpaired) electrons. The van der Waals surface area contributed by atoms with Crippen LogP contribution in [0.3, 0.4) is 0 Å². The first-order valence-electron chi connectivity index (χ1n) is 7.24. The predicted molar refractivity (Wildman–Crippen MR) is 93.9 cm³/mol. The van der Waals surface area contributed by atoms with Gasteiger partial charge in [-0.05, 0) is 36.6 Å². The molecule has 120 valence electrons. The van der Waals surface area contributed by atoms with E-state index in [2.05, 4.69) is 56.0 Å². The van der Waals surface area contributed by atoms with Gasteiger partial charge in [0.2, 0.25) is 9.76 Å². The van der Waals surface area contributed by atoms with Crippen LogP contribution in [0.1, 0.15) is 45.1 Å². The van der Waals surface area contributed by atoms with Crippen molar-refractivity contribution in [2.45, 2.75) is 45.3 Å². The number of nitriles is 1. The van der Waals surface area contributed by atoms with Crippen molar-refractivity contribution in [2.75, 3.05) is 5.32 Å². The first kappa shape index (κ1) is 17.6. The van der Waals surface area contributed by atoms with Crippen molar-refractivity contribution in [3.05, 3.63) is 35.0 Å². The van der Waals surface area contributed by atoms with Gasteiger partial charge in [0.25, 0.3) is 0 Å². The molecule has 0 spiro atoms. The van der Waals surface area contributed by atoms with E-state index >= 15 is 0 Å². The Balaban J connectivity index is 2.14. The molecule has 0 aliphatic carbocycles. The molecular formula is C16H20N4OSSi. The molecule has 0 saturated heterocycles. The fraction of sp³-hybridized carbons (Fsp3) is 0.438. The summed E-state index contributed by atoms with van der Waals surface area (Å²) >= 11 is 1.30. The molecule has 0 fully saturated rings. The second kappa shape index (κ2) is 6.79. The minimum atomic E-state index is -0.397. The number of rotatable bonds is 5. The van der Waals surface area contributed by atoms with E-state index in [0.29, 0.717) is 25.6 Å². The van der Waals surface area contributed by atoms with E-state index in [1.165, 1.54) is 11.3 Å². The van der Waals surface area contributed by atoms with Gasteiger partial charge in [-0.2, -0.15) is 5.26 Å². The summed E-state index contributed by atoms with van der Waals surface area (Å²) in [4.78, 5) is 9.04. The van der Waals surface area contributed by atoms with Gasteiger partial charge in [0.1, 0.15) is 16.8 Å². The fourth-order valence-corrected chi connectivity index (χ4v) is 3.01. The zero-order valence-electron chi connectivity index (χ0n) is 14.0. The Morgan fingerprint density at radius 1 is 1.26 bits per heavy atom. The maximum Gasteiger partial charge on any atom is 0.236 e. The highest BCUT2D eigenvalue weighted by Crippen LogP contribution is 2.30. The molecule has 2 aromatic heterocycles. The van der Waals surface area contributed by atoms with E-state index in [-0.39, 0.29) is 5.04 Å². The lowest BCUT2D eigenvalue weighted by Crippen LogP contribution is -2.27. The van der Waals surface area contributed by atoms with E-state index in [4.69, 9.17) is 9.69 Å². The predicted octanol–water partition coefficient (Wildman–Crippen LogP) is 4.24. The van der Waals surface area contributed by atoms with Crippen LogP contribution in [0.25, 0.3) is 0 Å². The van der Waals surface area contributed by atoms with E-state index < -0.39 is 5.60 Å². The van der Waals surface area contributed by atoms with Crippen LogP contribution in [-0.2, 0) is 10.0 Å². The lowest BCUT2D eigenvalue weighted by atomic mass is 10.00. The van der Waals surface area contributed by atoms with Gasteiger partial charge < -0.3 is 9.74 Å². The smallest absolute Gasteiger partial charge is 0.236 e. The van der Waals surface area contributed by atoms with Crippen LogP contribution >= 0.6 is 11.3 Å². The van der Waals surface area contributed by atoms with Gasteiger partial charge >= 0.3 is 0 Å². The van der Waals surface area contributed by atoms with Crippen LogP contribution in [0.5, 0.6) is 0 Å². The molecule has 0 aliphatic rings. The highest BCUT2D eigenvalue weighted by Gasteiger charge is 2.25. The quantitative estimate of drug-likeness (QED) is 0.821. The Kier molecular flexibility index (Phi) is 5.19. The van der Waals surface area contributed by atoms with Crippen LogP contribution in [0.2, 0.25) is 5.04 Å². The molecule has 7 heteroatoms. The SMILES string of the molecule is CC(C)(C)[Si]OC(C)(C)c1ccnc(Nc2ncc(C#N)s2)c1. The molecule has 0 bridgehead atoms. The summed E-state index contributed by atoms with van der Waals surface area (Å²) in [5, 5.41) is 12.8. The molecule has 0 aromatic carbocycles. The van der Waals surface area contributed by atoms with Gasteiger partial charge in [-0.1, -0.05) is 32.1 Å². The maximum absolute atomic E-state index is 8.85.